The molecule has 0 radical (unpaired) electrons. The number of carbonyl (C=O) groups excluding carboxylic acids is 1. The number of aromatic carboxylic acids is 1. The summed E-state index contributed by atoms with van der Waals surface area (Å²) in [5.74, 6) is 0.375. The summed E-state index contributed by atoms with van der Waals surface area (Å²) in [5, 5.41) is 15.1. The summed E-state index contributed by atoms with van der Waals surface area (Å²) in [6.45, 7) is 0. The number of anilines is 1. The number of carboxylic acids is 1. The average Bonchev–Trinajstić information content (AvgIpc) is 3.04. The van der Waals surface area contributed by atoms with Crippen molar-refractivity contribution in [3.8, 4) is 0 Å². The molecule has 4 rings (SSSR count). The summed E-state index contributed by atoms with van der Waals surface area (Å²) in [5.41, 5.74) is 2.20. The molecule has 22 heavy (non-hydrogen) atoms. The normalized spacial score (nSPS) is 32.2. The fourth-order valence-corrected chi connectivity index (χ4v) is 4.44. The highest BCUT2D eigenvalue weighted by molar-refractivity contribution is 5.94. The minimum atomic E-state index is -1.09. The van der Waals surface area contributed by atoms with Crippen LogP contribution in [0.1, 0.15) is 47.5 Å². The predicted octanol–water partition coefficient (Wildman–Crippen LogP) is 2.86. The minimum Gasteiger partial charge on any atom is -0.545 e. The van der Waals surface area contributed by atoms with E-state index in [1.807, 2.05) is 6.07 Å². The average molecular weight is 294 g/mol. The standard InChI is InChI=1S/C19H21NO2/c21-19(22)16-11-5-10-15-13-8-4-9-14(13)17(20-18(15)16)12-6-2-1-3-7-12/h1-2,4-5,8,10-14,17,20H,3,6-7,9H2,(H,21,22)/p-1/t12-,13-,14+,17+/m0/s1. The van der Waals surface area contributed by atoms with Crippen LogP contribution in [0.25, 0.3) is 0 Å². The van der Waals surface area contributed by atoms with Crippen molar-refractivity contribution in [1.29, 1.82) is 0 Å². The van der Waals surface area contributed by atoms with E-state index in [9.17, 15) is 9.90 Å². The first-order valence-corrected chi connectivity index (χ1v) is 8.18. The van der Waals surface area contributed by atoms with Crippen molar-refractivity contribution in [2.24, 2.45) is 11.8 Å². The molecule has 0 fully saturated rings. The largest absolute Gasteiger partial charge is 0.545 e. The van der Waals surface area contributed by atoms with Gasteiger partial charge in [-0.25, -0.2) is 0 Å². The van der Waals surface area contributed by atoms with Crippen LogP contribution in [0.2, 0.25) is 0 Å². The van der Waals surface area contributed by atoms with E-state index in [0.29, 0.717) is 29.4 Å². The van der Waals surface area contributed by atoms with Gasteiger partial charge in [0, 0.05) is 23.2 Å². The highest BCUT2D eigenvalue weighted by Gasteiger charge is 2.41. The monoisotopic (exact) mass is 294 g/mol. The molecule has 1 aromatic rings. The van der Waals surface area contributed by atoms with Gasteiger partial charge in [-0.3, -0.25) is 0 Å². The van der Waals surface area contributed by atoms with Gasteiger partial charge < -0.3 is 15.2 Å². The van der Waals surface area contributed by atoms with Crippen LogP contribution in [0.5, 0.6) is 0 Å². The van der Waals surface area contributed by atoms with Gasteiger partial charge in [-0.15, -0.1) is 0 Å². The number of allylic oxidation sites excluding steroid dienone is 4. The van der Waals surface area contributed by atoms with Gasteiger partial charge in [-0.05, 0) is 43.1 Å². The smallest absolute Gasteiger partial charge is 0.0736 e. The van der Waals surface area contributed by atoms with Gasteiger partial charge in [0.15, 0.2) is 0 Å². The third-order valence-corrected chi connectivity index (χ3v) is 5.48. The topological polar surface area (TPSA) is 52.2 Å². The Labute approximate surface area is 130 Å². The predicted molar refractivity (Wildman–Crippen MR) is 84.7 cm³/mol. The number of benzene rings is 1. The molecule has 0 aromatic heterocycles. The number of carbonyl (C=O) groups is 1. The van der Waals surface area contributed by atoms with E-state index in [0.717, 1.165) is 30.5 Å². The van der Waals surface area contributed by atoms with Gasteiger partial charge in [-0.2, -0.15) is 0 Å². The number of carboxylic acid groups (broad SMARTS) is 1. The van der Waals surface area contributed by atoms with Crippen molar-refractivity contribution < 1.29 is 9.90 Å². The van der Waals surface area contributed by atoms with Crippen LogP contribution >= 0.6 is 0 Å². The maximum absolute atomic E-state index is 11.5. The first-order valence-electron chi connectivity index (χ1n) is 8.18. The van der Waals surface area contributed by atoms with Gasteiger partial charge in [0.25, 0.3) is 0 Å². The van der Waals surface area contributed by atoms with Gasteiger partial charge in [-0.1, -0.05) is 42.5 Å². The van der Waals surface area contributed by atoms with Crippen molar-refractivity contribution in [2.45, 2.75) is 37.6 Å². The van der Waals surface area contributed by atoms with Gasteiger partial charge in [0.1, 0.15) is 0 Å². The zero-order valence-electron chi connectivity index (χ0n) is 12.5. The lowest BCUT2D eigenvalue weighted by atomic mass is 9.71. The molecule has 2 aliphatic carbocycles. The van der Waals surface area contributed by atoms with Crippen LogP contribution in [0, 0.1) is 11.8 Å². The lowest BCUT2D eigenvalue weighted by Gasteiger charge is -2.42. The molecule has 0 unspecified atom stereocenters. The molecule has 1 heterocycles. The SMILES string of the molecule is O=C([O-])c1cccc2c1N[C@H]([C@H]1CC=CCC1)[C@@H]1CC=C[C@H]21. The summed E-state index contributed by atoms with van der Waals surface area (Å²) in [4.78, 5) is 11.5. The third-order valence-electron chi connectivity index (χ3n) is 5.48. The quantitative estimate of drug-likeness (QED) is 0.853. The number of fused-ring (bicyclic) bond motifs is 3. The number of rotatable bonds is 2. The van der Waals surface area contributed by atoms with Crippen LogP contribution in [0.3, 0.4) is 0 Å². The molecule has 0 saturated carbocycles. The molecule has 0 saturated heterocycles. The second kappa shape index (κ2) is 5.31. The van der Waals surface area contributed by atoms with Crippen LogP contribution in [-0.2, 0) is 0 Å². The van der Waals surface area contributed by atoms with E-state index >= 15 is 0 Å². The van der Waals surface area contributed by atoms with Gasteiger partial charge >= 0.3 is 0 Å². The number of hydrogen-bond acceptors (Lipinski definition) is 3. The van der Waals surface area contributed by atoms with Gasteiger partial charge in [0.05, 0.1) is 5.97 Å². The van der Waals surface area contributed by atoms with E-state index in [-0.39, 0.29) is 0 Å². The summed E-state index contributed by atoms with van der Waals surface area (Å²) in [7, 11) is 0. The van der Waals surface area contributed by atoms with Crippen molar-refractivity contribution >= 4 is 11.7 Å². The Balaban J connectivity index is 1.76. The van der Waals surface area contributed by atoms with E-state index in [4.69, 9.17) is 0 Å². The molecule has 0 bridgehead atoms. The number of para-hydroxylation sites is 1. The lowest BCUT2D eigenvalue weighted by Crippen LogP contribution is -2.42. The molecule has 1 aliphatic heterocycles. The van der Waals surface area contributed by atoms with Crippen molar-refractivity contribution in [1.82, 2.24) is 0 Å². The maximum atomic E-state index is 11.5. The molecule has 3 nitrogen and oxygen atoms in total. The van der Waals surface area contributed by atoms with E-state index in [2.05, 4.69) is 35.7 Å². The molecule has 1 N–H and O–H groups in total. The summed E-state index contributed by atoms with van der Waals surface area (Å²) in [6, 6.07) is 5.88. The molecule has 114 valence electrons. The molecular weight excluding hydrogens is 274 g/mol. The zero-order valence-corrected chi connectivity index (χ0v) is 12.5. The van der Waals surface area contributed by atoms with Crippen LogP contribution in [-0.4, -0.2) is 12.0 Å². The Morgan fingerprint density at radius 3 is 2.86 bits per heavy atom. The minimum absolute atomic E-state index is 0.299. The Bertz CT molecular complexity index is 661. The number of nitrogens with one attached hydrogen (secondary N) is 1. The van der Waals surface area contributed by atoms with E-state index in [1.54, 1.807) is 6.07 Å². The summed E-state index contributed by atoms with van der Waals surface area (Å²) in [6.07, 6.45) is 13.5. The Morgan fingerprint density at radius 2 is 2.09 bits per heavy atom. The molecule has 0 spiro atoms. The molecule has 0 amide bonds. The maximum Gasteiger partial charge on any atom is 0.0736 e. The Hall–Kier alpha value is -2.03. The highest BCUT2D eigenvalue weighted by atomic mass is 16.4. The van der Waals surface area contributed by atoms with Crippen molar-refractivity contribution in [3.63, 3.8) is 0 Å². The van der Waals surface area contributed by atoms with Crippen molar-refractivity contribution in [3.05, 3.63) is 53.6 Å². The Kier molecular flexibility index (Phi) is 3.29. The molecule has 1 aromatic carbocycles. The van der Waals surface area contributed by atoms with Crippen LogP contribution < -0.4 is 10.4 Å². The zero-order chi connectivity index (χ0) is 15.1. The molecular formula is C19H20NO2-. The second-order valence-corrected chi connectivity index (χ2v) is 6.63. The van der Waals surface area contributed by atoms with Gasteiger partial charge in [0.2, 0.25) is 0 Å². The summed E-state index contributed by atoms with van der Waals surface area (Å²) >= 11 is 0. The lowest BCUT2D eigenvalue weighted by molar-refractivity contribution is -0.254. The first-order chi connectivity index (χ1) is 10.8. The van der Waals surface area contributed by atoms with E-state index < -0.39 is 5.97 Å². The molecule has 3 heteroatoms. The summed E-state index contributed by atoms with van der Waals surface area (Å²) < 4.78 is 0. The van der Waals surface area contributed by atoms with Crippen molar-refractivity contribution in [2.75, 3.05) is 5.32 Å². The van der Waals surface area contributed by atoms with Crippen LogP contribution in [0.15, 0.2) is 42.5 Å². The second-order valence-electron chi connectivity index (χ2n) is 6.63. The Morgan fingerprint density at radius 1 is 1.18 bits per heavy atom. The third kappa shape index (κ3) is 2.07. The van der Waals surface area contributed by atoms with Crippen LogP contribution in [0.4, 0.5) is 5.69 Å². The number of hydrogen-bond donors (Lipinski definition) is 1. The molecule has 3 aliphatic rings. The highest BCUT2D eigenvalue weighted by Crippen LogP contribution is 2.48. The first kappa shape index (κ1) is 13.6. The van der Waals surface area contributed by atoms with E-state index in [1.165, 1.54) is 6.42 Å². The molecule has 4 atom stereocenters. The fraction of sp³-hybridized carbons (Fsp3) is 0.421. The fourth-order valence-electron chi connectivity index (χ4n) is 4.44.